The number of carbonyl (C=O) groups is 2. The Labute approximate surface area is 240 Å². The van der Waals surface area contributed by atoms with Gasteiger partial charge in [-0.05, 0) is 75.8 Å². The SMILES string of the molecule is C[C@H]1CCCN1[C@H]1CCN(c2ccc(N3CCC4(CCN(C(=O)Cc5ccccc5)CC4)C3=O)c(C(F)(F)F)c2)C1. The molecule has 4 aliphatic rings. The Morgan fingerprint density at radius 1 is 0.951 bits per heavy atom. The molecule has 9 heteroatoms. The topological polar surface area (TPSA) is 47.1 Å². The normalized spacial score (nSPS) is 25.1. The molecule has 0 aromatic heterocycles. The molecule has 4 aliphatic heterocycles. The monoisotopic (exact) mass is 568 g/mol. The van der Waals surface area contributed by atoms with Crippen molar-refractivity contribution in [3.63, 3.8) is 0 Å². The van der Waals surface area contributed by atoms with Gasteiger partial charge >= 0.3 is 6.18 Å². The third-order valence-corrected chi connectivity index (χ3v) is 9.96. The fourth-order valence-corrected chi connectivity index (χ4v) is 7.51. The summed E-state index contributed by atoms with van der Waals surface area (Å²) in [6.07, 6.45) is 0.508. The van der Waals surface area contributed by atoms with E-state index in [0.29, 0.717) is 56.5 Å². The van der Waals surface area contributed by atoms with Crippen molar-refractivity contribution >= 4 is 23.2 Å². The lowest BCUT2D eigenvalue weighted by atomic mass is 9.77. The van der Waals surface area contributed by atoms with Crippen LogP contribution in [0.1, 0.15) is 56.6 Å². The Morgan fingerprint density at radius 2 is 1.68 bits per heavy atom. The van der Waals surface area contributed by atoms with E-state index in [-0.39, 0.29) is 24.0 Å². The van der Waals surface area contributed by atoms with Crippen molar-refractivity contribution in [3.05, 3.63) is 59.7 Å². The maximum absolute atomic E-state index is 14.4. The lowest BCUT2D eigenvalue weighted by Crippen LogP contribution is -2.47. The molecular weight excluding hydrogens is 529 g/mol. The first-order valence-corrected chi connectivity index (χ1v) is 15.0. The van der Waals surface area contributed by atoms with Gasteiger partial charge in [-0.2, -0.15) is 13.2 Å². The molecule has 2 aromatic rings. The number of carbonyl (C=O) groups excluding carboxylic acids is 2. The van der Waals surface area contributed by atoms with E-state index in [0.717, 1.165) is 31.6 Å². The minimum absolute atomic E-state index is 0.0200. The van der Waals surface area contributed by atoms with Crippen molar-refractivity contribution in [2.45, 2.75) is 70.1 Å². The maximum Gasteiger partial charge on any atom is 0.418 e. The summed E-state index contributed by atoms with van der Waals surface area (Å²) in [7, 11) is 0. The van der Waals surface area contributed by atoms with Gasteiger partial charge in [0.05, 0.1) is 23.1 Å². The summed E-state index contributed by atoms with van der Waals surface area (Å²) in [5.41, 5.74) is 0.0178. The van der Waals surface area contributed by atoms with E-state index < -0.39 is 17.2 Å². The molecule has 1 spiro atoms. The quantitative estimate of drug-likeness (QED) is 0.488. The van der Waals surface area contributed by atoms with Crippen LogP contribution >= 0.6 is 0 Å². The molecule has 0 bridgehead atoms. The summed E-state index contributed by atoms with van der Waals surface area (Å²) >= 11 is 0. The average Bonchev–Trinajstić information content (AvgIpc) is 3.69. The van der Waals surface area contributed by atoms with Gasteiger partial charge in [-0.3, -0.25) is 14.5 Å². The number of rotatable bonds is 5. The molecule has 0 radical (unpaired) electrons. The molecule has 4 saturated heterocycles. The number of hydrogen-bond acceptors (Lipinski definition) is 4. The predicted octanol–water partition coefficient (Wildman–Crippen LogP) is 5.36. The minimum Gasteiger partial charge on any atom is -0.370 e. The highest BCUT2D eigenvalue weighted by atomic mass is 19.4. The summed E-state index contributed by atoms with van der Waals surface area (Å²) < 4.78 is 43.2. The molecule has 2 atom stereocenters. The van der Waals surface area contributed by atoms with Gasteiger partial charge in [0.15, 0.2) is 0 Å². The van der Waals surface area contributed by atoms with Gasteiger partial charge in [0.25, 0.3) is 0 Å². The Kier molecular flexibility index (Phi) is 7.51. The van der Waals surface area contributed by atoms with Crippen molar-refractivity contribution in [1.29, 1.82) is 0 Å². The van der Waals surface area contributed by atoms with E-state index in [4.69, 9.17) is 0 Å². The van der Waals surface area contributed by atoms with Gasteiger partial charge in [0.1, 0.15) is 0 Å². The number of benzene rings is 2. The lowest BCUT2D eigenvalue weighted by Gasteiger charge is -2.38. The van der Waals surface area contributed by atoms with Crippen LogP contribution in [0.25, 0.3) is 0 Å². The highest BCUT2D eigenvalue weighted by molar-refractivity contribution is 6.01. The lowest BCUT2D eigenvalue weighted by molar-refractivity contribution is -0.138. The third kappa shape index (κ3) is 5.45. The molecule has 0 unspecified atom stereocenters. The van der Waals surface area contributed by atoms with E-state index >= 15 is 0 Å². The summed E-state index contributed by atoms with van der Waals surface area (Å²) in [5, 5.41) is 0. The molecule has 0 saturated carbocycles. The molecule has 4 heterocycles. The maximum atomic E-state index is 14.4. The number of anilines is 2. The van der Waals surface area contributed by atoms with E-state index in [1.165, 1.54) is 29.9 Å². The fourth-order valence-electron chi connectivity index (χ4n) is 7.51. The van der Waals surface area contributed by atoms with Crippen LogP contribution in [0.5, 0.6) is 0 Å². The first-order chi connectivity index (χ1) is 19.6. The van der Waals surface area contributed by atoms with Crippen LogP contribution in [-0.4, -0.2) is 73.0 Å². The Bertz CT molecular complexity index is 1280. The molecule has 220 valence electrons. The largest absolute Gasteiger partial charge is 0.418 e. The highest BCUT2D eigenvalue weighted by Crippen LogP contribution is 2.47. The molecule has 2 aromatic carbocycles. The molecular formula is C32H39F3N4O2. The molecule has 0 aliphatic carbocycles. The zero-order valence-corrected chi connectivity index (χ0v) is 23.7. The highest BCUT2D eigenvalue weighted by Gasteiger charge is 2.50. The van der Waals surface area contributed by atoms with Crippen molar-refractivity contribution in [1.82, 2.24) is 9.80 Å². The van der Waals surface area contributed by atoms with E-state index in [9.17, 15) is 22.8 Å². The molecule has 4 fully saturated rings. The van der Waals surface area contributed by atoms with Crippen LogP contribution in [0.4, 0.5) is 24.5 Å². The van der Waals surface area contributed by atoms with Gasteiger partial charge in [-0.25, -0.2) is 0 Å². The average molecular weight is 569 g/mol. The molecule has 41 heavy (non-hydrogen) atoms. The van der Waals surface area contributed by atoms with Crippen LogP contribution in [0.15, 0.2) is 48.5 Å². The van der Waals surface area contributed by atoms with Crippen molar-refractivity contribution in [2.24, 2.45) is 5.41 Å². The number of piperidine rings is 1. The standard InChI is InChI=1S/C32H39F3N4O2/c1-23-6-5-15-38(23)26-11-16-37(22-26)25-9-10-28(27(21-25)32(33,34)35)39-19-14-31(30(39)41)12-17-36(18-13-31)29(40)20-24-7-3-2-4-8-24/h2-4,7-10,21,23,26H,5-6,11-20,22H2,1H3/t23-,26-/m0/s1. The van der Waals surface area contributed by atoms with Crippen LogP contribution in [0.2, 0.25) is 0 Å². The van der Waals surface area contributed by atoms with E-state index in [1.807, 2.05) is 30.3 Å². The Hall–Kier alpha value is -3.07. The van der Waals surface area contributed by atoms with Gasteiger partial charge in [-0.1, -0.05) is 30.3 Å². The number of nitrogens with zero attached hydrogens (tertiary/aromatic N) is 4. The summed E-state index contributed by atoms with van der Waals surface area (Å²) in [6.45, 7) is 5.91. The van der Waals surface area contributed by atoms with E-state index in [1.54, 1.807) is 11.0 Å². The molecule has 2 amide bonds. The number of likely N-dealkylation sites (tertiary alicyclic amines) is 2. The second-order valence-electron chi connectivity index (χ2n) is 12.3. The third-order valence-electron chi connectivity index (χ3n) is 9.96. The first kappa shape index (κ1) is 28.1. The Morgan fingerprint density at radius 3 is 2.37 bits per heavy atom. The van der Waals surface area contributed by atoms with Gasteiger partial charge in [0, 0.05) is 50.5 Å². The first-order valence-electron chi connectivity index (χ1n) is 15.0. The van der Waals surface area contributed by atoms with Crippen molar-refractivity contribution < 1.29 is 22.8 Å². The second-order valence-corrected chi connectivity index (χ2v) is 12.3. The Balaban J connectivity index is 1.15. The number of hydrogen-bond donors (Lipinski definition) is 0. The van der Waals surface area contributed by atoms with Crippen LogP contribution < -0.4 is 9.80 Å². The van der Waals surface area contributed by atoms with Crippen molar-refractivity contribution in [2.75, 3.05) is 49.1 Å². The number of alkyl halides is 3. The second kappa shape index (κ2) is 11.0. The summed E-state index contributed by atoms with van der Waals surface area (Å²) in [4.78, 5) is 34.3. The van der Waals surface area contributed by atoms with Gasteiger partial charge < -0.3 is 14.7 Å². The fraction of sp³-hybridized carbons (Fsp3) is 0.562. The van der Waals surface area contributed by atoms with Crippen LogP contribution in [0.3, 0.4) is 0 Å². The van der Waals surface area contributed by atoms with Crippen molar-refractivity contribution in [3.8, 4) is 0 Å². The number of amides is 2. The zero-order chi connectivity index (χ0) is 28.8. The predicted molar refractivity (Wildman–Crippen MR) is 153 cm³/mol. The molecule has 0 N–H and O–H groups in total. The minimum atomic E-state index is -4.57. The van der Waals surface area contributed by atoms with E-state index in [2.05, 4.69) is 16.7 Å². The molecule has 6 rings (SSSR count). The number of halogens is 3. The van der Waals surface area contributed by atoms with Crippen LogP contribution in [-0.2, 0) is 22.2 Å². The van der Waals surface area contributed by atoms with Crippen LogP contribution in [0, 0.1) is 5.41 Å². The molecule has 6 nitrogen and oxygen atoms in total. The summed E-state index contributed by atoms with van der Waals surface area (Å²) in [6, 6.07) is 14.9. The zero-order valence-electron chi connectivity index (χ0n) is 23.7. The summed E-state index contributed by atoms with van der Waals surface area (Å²) in [5.74, 6) is -0.221. The van der Waals surface area contributed by atoms with Gasteiger partial charge in [-0.15, -0.1) is 0 Å². The smallest absolute Gasteiger partial charge is 0.370 e. The van der Waals surface area contributed by atoms with Gasteiger partial charge in [0.2, 0.25) is 11.8 Å².